The van der Waals surface area contributed by atoms with Crippen molar-refractivity contribution in [2.75, 3.05) is 6.61 Å². The maximum absolute atomic E-state index is 11.4. The van der Waals surface area contributed by atoms with Crippen LogP contribution in [0, 0.1) is 0 Å². The van der Waals surface area contributed by atoms with Crippen LogP contribution in [0.1, 0.15) is 110 Å². The fourth-order valence-electron chi connectivity index (χ4n) is 2.95. The molecule has 0 aliphatic carbocycles. The van der Waals surface area contributed by atoms with Crippen LogP contribution in [0.15, 0.2) is 0 Å². The van der Waals surface area contributed by atoms with Gasteiger partial charge < -0.3 is 14.9 Å². The zero-order valence-corrected chi connectivity index (χ0v) is 19.7. The second-order valence-electron chi connectivity index (χ2n) is 7.64. The Balaban J connectivity index is 0. The summed E-state index contributed by atoms with van der Waals surface area (Å²) in [6.45, 7) is 1.52. The molecule has 0 aromatic rings. The van der Waals surface area contributed by atoms with Crippen LogP contribution in [0.5, 0.6) is 0 Å². The highest BCUT2D eigenvalue weighted by molar-refractivity contribution is 7.79. The molecule has 0 amide bonds. The number of aliphatic hydroxyl groups excluding tert-OH is 2. The van der Waals surface area contributed by atoms with E-state index in [-0.39, 0.29) is 6.42 Å². The standard InChI is InChI=1S/C21H40O5.H2O4S/c1-2-3-4-5-6-7-8-9-10-11-12-13-14-15-16-17-20(24)26-21(25)19(23)18-22;1-5(2,3)4/h19,22-23H,2-18H2,1H3;(H2,1,2,3,4). The summed E-state index contributed by atoms with van der Waals surface area (Å²) >= 11 is 0. The van der Waals surface area contributed by atoms with Gasteiger partial charge >= 0.3 is 22.3 Å². The van der Waals surface area contributed by atoms with E-state index in [0.717, 1.165) is 12.8 Å². The zero-order chi connectivity index (χ0) is 24.0. The summed E-state index contributed by atoms with van der Waals surface area (Å²) in [5.74, 6) is -1.70. The molecule has 0 aromatic carbocycles. The van der Waals surface area contributed by atoms with E-state index in [1.807, 2.05) is 0 Å². The molecule has 1 atom stereocenters. The molecule has 0 radical (unpaired) electrons. The van der Waals surface area contributed by atoms with Crippen LogP contribution in [0.2, 0.25) is 0 Å². The topological polar surface area (TPSA) is 158 Å². The first-order valence-electron chi connectivity index (χ1n) is 11.3. The molecule has 1 unspecified atom stereocenters. The van der Waals surface area contributed by atoms with Crippen LogP contribution in [-0.2, 0) is 24.7 Å². The molecule has 186 valence electrons. The highest BCUT2D eigenvalue weighted by Gasteiger charge is 2.18. The van der Waals surface area contributed by atoms with Crippen LogP contribution in [0.4, 0.5) is 0 Å². The molecule has 4 N–H and O–H groups in total. The molecule has 0 heterocycles. The molecule has 10 heteroatoms. The van der Waals surface area contributed by atoms with E-state index in [9.17, 15) is 9.59 Å². The van der Waals surface area contributed by atoms with Crippen molar-refractivity contribution in [1.82, 2.24) is 0 Å². The van der Waals surface area contributed by atoms with E-state index in [1.165, 1.54) is 77.0 Å². The lowest BCUT2D eigenvalue weighted by atomic mass is 10.0. The van der Waals surface area contributed by atoms with E-state index in [0.29, 0.717) is 6.42 Å². The number of aliphatic hydroxyl groups is 2. The van der Waals surface area contributed by atoms with E-state index in [4.69, 9.17) is 27.7 Å². The Bertz CT molecular complexity index is 527. The Kier molecular flexibility index (Phi) is 22.9. The normalized spacial score (nSPS) is 12.0. The largest absolute Gasteiger partial charge is 0.394 e. The predicted octanol–water partition coefficient (Wildman–Crippen LogP) is 4.02. The van der Waals surface area contributed by atoms with Crippen molar-refractivity contribution in [2.45, 2.75) is 116 Å². The number of carbonyl (C=O) groups excluding carboxylic acids is 2. The molecule has 0 saturated carbocycles. The van der Waals surface area contributed by atoms with Gasteiger partial charge in [-0.05, 0) is 6.42 Å². The molecular weight excluding hydrogens is 428 g/mol. The van der Waals surface area contributed by atoms with Crippen molar-refractivity contribution in [1.29, 1.82) is 0 Å². The van der Waals surface area contributed by atoms with Crippen molar-refractivity contribution in [3.05, 3.63) is 0 Å². The Morgan fingerprint density at radius 3 is 1.39 bits per heavy atom. The number of carbonyl (C=O) groups is 2. The molecule has 0 saturated heterocycles. The number of unbranched alkanes of at least 4 members (excludes halogenated alkanes) is 14. The van der Waals surface area contributed by atoms with Gasteiger partial charge in [-0.2, -0.15) is 8.42 Å². The average Bonchev–Trinajstić information content (AvgIpc) is 2.68. The highest BCUT2D eigenvalue weighted by Crippen LogP contribution is 2.13. The molecule has 0 rings (SSSR count). The van der Waals surface area contributed by atoms with Crippen molar-refractivity contribution in [2.24, 2.45) is 0 Å². The molecule has 0 aliphatic rings. The van der Waals surface area contributed by atoms with Crippen LogP contribution >= 0.6 is 0 Å². The Hall–Kier alpha value is -1.07. The van der Waals surface area contributed by atoms with Crippen LogP contribution in [0.25, 0.3) is 0 Å². The second-order valence-corrected chi connectivity index (χ2v) is 8.53. The molecule has 0 bridgehead atoms. The van der Waals surface area contributed by atoms with Gasteiger partial charge in [0.15, 0.2) is 6.10 Å². The Labute approximate surface area is 187 Å². The van der Waals surface area contributed by atoms with E-state index < -0.39 is 35.0 Å². The quantitative estimate of drug-likeness (QED) is 0.100. The molecule has 0 spiro atoms. The smallest absolute Gasteiger partial charge is 0.393 e. The maximum Gasteiger partial charge on any atom is 0.394 e. The zero-order valence-electron chi connectivity index (χ0n) is 18.8. The number of hydrogen-bond donors (Lipinski definition) is 4. The molecule has 31 heavy (non-hydrogen) atoms. The summed E-state index contributed by atoms with van der Waals surface area (Å²) in [5.41, 5.74) is 0. The minimum absolute atomic E-state index is 0.183. The molecule has 0 aromatic heterocycles. The van der Waals surface area contributed by atoms with E-state index >= 15 is 0 Å². The summed E-state index contributed by atoms with van der Waals surface area (Å²) in [7, 11) is -4.67. The molecule has 0 aliphatic heterocycles. The van der Waals surface area contributed by atoms with Gasteiger partial charge in [0.05, 0.1) is 6.61 Å². The van der Waals surface area contributed by atoms with Gasteiger partial charge in [0.1, 0.15) is 0 Å². The number of esters is 2. The van der Waals surface area contributed by atoms with Gasteiger partial charge in [0, 0.05) is 6.42 Å². The van der Waals surface area contributed by atoms with Gasteiger partial charge in [-0.1, -0.05) is 96.8 Å². The average molecular weight is 471 g/mol. The summed E-state index contributed by atoms with van der Waals surface area (Å²) in [5, 5.41) is 17.6. The van der Waals surface area contributed by atoms with Gasteiger partial charge in [-0.25, -0.2) is 4.79 Å². The first kappa shape index (κ1) is 32.1. The summed E-state index contributed by atoms with van der Waals surface area (Å²) in [6, 6.07) is 0. The van der Waals surface area contributed by atoms with E-state index in [2.05, 4.69) is 11.7 Å². The summed E-state index contributed by atoms with van der Waals surface area (Å²) < 4.78 is 36.0. The Morgan fingerprint density at radius 1 is 0.742 bits per heavy atom. The van der Waals surface area contributed by atoms with Crippen LogP contribution in [-0.4, -0.2) is 52.4 Å². The summed E-state index contributed by atoms with van der Waals surface area (Å²) in [4.78, 5) is 22.5. The lowest BCUT2D eigenvalue weighted by Crippen LogP contribution is -2.28. The fourth-order valence-corrected chi connectivity index (χ4v) is 2.95. The lowest BCUT2D eigenvalue weighted by molar-refractivity contribution is -0.167. The Morgan fingerprint density at radius 2 is 1.06 bits per heavy atom. The predicted molar refractivity (Wildman–Crippen MR) is 118 cm³/mol. The third-order valence-corrected chi connectivity index (χ3v) is 4.64. The first-order valence-corrected chi connectivity index (χ1v) is 12.7. The highest BCUT2D eigenvalue weighted by atomic mass is 32.3. The van der Waals surface area contributed by atoms with Crippen molar-refractivity contribution >= 4 is 22.3 Å². The number of ether oxygens (including phenoxy) is 1. The maximum atomic E-state index is 11.4. The summed E-state index contributed by atoms with van der Waals surface area (Å²) in [6.07, 6.45) is 17.4. The van der Waals surface area contributed by atoms with Crippen LogP contribution < -0.4 is 0 Å². The van der Waals surface area contributed by atoms with E-state index in [1.54, 1.807) is 0 Å². The first-order chi connectivity index (χ1) is 14.6. The third kappa shape index (κ3) is 31.2. The van der Waals surface area contributed by atoms with Gasteiger partial charge in [0.2, 0.25) is 0 Å². The molecular formula is C21H42O9S. The fraction of sp³-hybridized carbons (Fsp3) is 0.905. The monoisotopic (exact) mass is 470 g/mol. The SMILES string of the molecule is CCCCCCCCCCCCCCCCCC(=O)OC(=O)C(O)CO.O=S(=O)(O)O. The van der Waals surface area contributed by atoms with Crippen molar-refractivity contribution in [3.63, 3.8) is 0 Å². The number of rotatable bonds is 18. The van der Waals surface area contributed by atoms with Crippen molar-refractivity contribution in [3.8, 4) is 0 Å². The van der Waals surface area contributed by atoms with Gasteiger partial charge in [-0.15, -0.1) is 0 Å². The lowest BCUT2D eigenvalue weighted by Gasteiger charge is -2.06. The number of hydrogen-bond acceptors (Lipinski definition) is 7. The molecule has 9 nitrogen and oxygen atoms in total. The third-order valence-electron chi connectivity index (χ3n) is 4.64. The molecule has 0 fully saturated rings. The van der Waals surface area contributed by atoms with Crippen LogP contribution in [0.3, 0.4) is 0 Å². The van der Waals surface area contributed by atoms with Gasteiger partial charge in [-0.3, -0.25) is 13.9 Å². The van der Waals surface area contributed by atoms with Gasteiger partial charge in [0.25, 0.3) is 0 Å². The minimum atomic E-state index is -4.67. The second kappa shape index (κ2) is 22.1. The van der Waals surface area contributed by atoms with Crippen molar-refractivity contribution < 1.29 is 42.1 Å². The minimum Gasteiger partial charge on any atom is -0.393 e.